The summed E-state index contributed by atoms with van der Waals surface area (Å²) >= 11 is 0. The molecular weight excluding hydrogens is 370 g/mol. The standard InChI is InChI=1S/C22H37N3O4/c1-17(26)24-10-4-9-23(13-14-24)11-7-20-16-25(12-8-19(20)15-21(27)28)22(29)18-5-2-3-6-18/h18-20H,2-16H2,1H3,(H,27,28). The number of carbonyl (C=O) groups excluding carboxylic acids is 2. The second-order valence-corrected chi connectivity index (χ2v) is 9.16. The van der Waals surface area contributed by atoms with Crippen molar-refractivity contribution < 1.29 is 19.5 Å². The lowest BCUT2D eigenvalue weighted by Crippen LogP contribution is -2.47. The van der Waals surface area contributed by atoms with E-state index in [-0.39, 0.29) is 30.1 Å². The summed E-state index contributed by atoms with van der Waals surface area (Å²) in [5.41, 5.74) is 0. The molecule has 164 valence electrons. The maximum absolute atomic E-state index is 12.9. The van der Waals surface area contributed by atoms with Gasteiger partial charge in [0.2, 0.25) is 11.8 Å². The van der Waals surface area contributed by atoms with Gasteiger partial charge < -0.3 is 19.8 Å². The highest BCUT2D eigenvalue weighted by atomic mass is 16.4. The number of carboxylic acids is 1. The summed E-state index contributed by atoms with van der Waals surface area (Å²) in [6.45, 7) is 7.40. The Bertz CT molecular complexity index is 591. The molecule has 2 unspecified atom stereocenters. The van der Waals surface area contributed by atoms with E-state index in [1.165, 1.54) is 0 Å². The molecule has 1 aliphatic carbocycles. The fourth-order valence-electron chi connectivity index (χ4n) is 5.39. The number of likely N-dealkylation sites (tertiary alicyclic amines) is 1. The molecule has 0 aromatic carbocycles. The molecule has 2 saturated heterocycles. The zero-order valence-corrected chi connectivity index (χ0v) is 17.9. The number of carbonyl (C=O) groups is 3. The molecule has 2 atom stereocenters. The third kappa shape index (κ3) is 6.17. The van der Waals surface area contributed by atoms with Crippen molar-refractivity contribution in [3.05, 3.63) is 0 Å². The molecule has 7 heteroatoms. The van der Waals surface area contributed by atoms with Crippen LogP contribution >= 0.6 is 0 Å². The maximum Gasteiger partial charge on any atom is 0.303 e. The average molecular weight is 408 g/mol. The minimum Gasteiger partial charge on any atom is -0.481 e. The van der Waals surface area contributed by atoms with E-state index < -0.39 is 5.97 Å². The van der Waals surface area contributed by atoms with E-state index in [0.29, 0.717) is 19.0 Å². The van der Waals surface area contributed by atoms with Crippen LogP contribution in [0.4, 0.5) is 0 Å². The molecule has 3 rings (SSSR count). The van der Waals surface area contributed by atoms with Gasteiger partial charge in [-0.25, -0.2) is 0 Å². The normalized spacial score (nSPS) is 27.1. The van der Waals surface area contributed by atoms with Gasteiger partial charge in [0.05, 0.1) is 0 Å². The van der Waals surface area contributed by atoms with Crippen LogP contribution in [0.15, 0.2) is 0 Å². The third-order valence-electron chi connectivity index (χ3n) is 7.19. The summed E-state index contributed by atoms with van der Waals surface area (Å²) < 4.78 is 0. The van der Waals surface area contributed by atoms with Gasteiger partial charge in [-0.15, -0.1) is 0 Å². The first-order valence-corrected chi connectivity index (χ1v) is 11.4. The van der Waals surface area contributed by atoms with Crippen molar-refractivity contribution in [1.82, 2.24) is 14.7 Å². The van der Waals surface area contributed by atoms with Gasteiger partial charge in [-0.05, 0) is 57.0 Å². The van der Waals surface area contributed by atoms with E-state index >= 15 is 0 Å². The first kappa shape index (κ1) is 22.1. The molecule has 1 saturated carbocycles. The van der Waals surface area contributed by atoms with Gasteiger partial charge in [-0.2, -0.15) is 0 Å². The molecule has 29 heavy (non-hydrogen) atoms. The van der Waals surface area contributed by atoms with Crippen LogP contribution in [0.2, 0.25) is 0 Å². The summed E-state index contributed by atoms with van der Waals surface area (Å²) in [5.74, 6) is 0.297. The van der Waals surface area contributed by atoms with Crippen molar-refractivity contribution in [3.8, 4) is 0 Å². The Hall–Kier alpha value is -1.63. The Balaban J connectivity index is 1.55. The first-order valence-electron chi connectivity index (χ1n) is 11.4. The second-order valence-electron chi connectivity index (χ2n) is 9.16. The second kappa shape index (κ2) is 10.4. The van der Waals surface area contributed by atoms with Crippen LogP contribution < -0.4 is 0 Å². The Morgan fingerprint density at radius 3 is 2.31 bits per heavy atom. The van der Waals surface area contributed by atoms with Crippen molar-refractivity contribution >= 4 is 17.8 Å². The Kier molecular flexibility index (Phi) is 7.92. The molecule has 2 aliphatic heterocycles. The fraction of sp³-hybridized carbons (Fsp3) is 0.864. The van der Waals surface area contributed by atoms with Gasteiger partial charge in [0.1, 0.15) is 0 Å². The molecule has 0 aromatic rings. The third-order valence-corrected chi connectivity index (χ3v) is 7.19. The molecule has 0 aromatic heterocycles. The topological polar surface area (TPSA) is 81.2 Å². The summed E-state index contributed by atoms with van der Waals surface area (Å²) in [5, 5.41) is 9.34. The van der Waals surface area contributed by atoms with Crippen LogP contribution in [0.5, 0.6) is 0 Å². The first-order chi connectivity index (χ1) is 13.9. The number of piperidine rings is 1. The lowest BCUT2D eigenvalue weighted by Gasteiger charge is -2.40. The van der Waals surface area contributed by atoms with E-state index in [1.54, 1.807) is 6.92 Å². The molecule has 3 fully saturated rings. The van der Waals surface area contributed by atoms with Crippen molar-refractivity contribution in [2.75, 3.05) is 45.8 Å². The number of hydrogen-bond donors (Lipinski definition) is 1. The van der Waals surface area contributed by atoms with E-state index in [0.717, 1.165) is 77.7 Å². The van der Waals surface area contributed by atoms with Gasteiger partial charge in [-0.1, -0.05) is 12.8 Å². The van der Waals surface area contributed by atoms with Gasteiger partial charge >= 0.3 is 5.97 Å². The highest BCUT2D eigenvalue weighted by molar-refractivity contribution is 5.79. The smallest absolute Gasteiger partial charge is 0.303 e. The lowest BCUT2D eigenvalue weighted by molar-refractivity contribution is -0.141. The fourth-order valence-corrected chi connectivity index (χ4v) is 5.39. The summed E-state index contributed by atoms with van der Waals surface area (Å²) in [4.78, 5) is 42.2. The van der Waals surface area contributed by atoms with Crippen LogP contribution in [0.1, 0.15) is 58.3 Å². The highest BCUT2D eigenvalue weighted by Gasteiger charge is 2.35. The minimum absolute atomic E-state index is 0.140. The van der Waals surface area contributed by atoms with Crippen molar-refractivity contribution in [3.63, 3.8) is 0 Å². The molecular formula is C22H37N3O4. The van der Waals surface area contributed by atoms with Crippen LogP contribution in [0.3, 0.4) is 0 Å². The molecule has 7 nitrogen and oxygen atoms in total. The van der Waals surface area contributed by atoms with Crippen LogP contribution in [0, 0.1) is 17.8 Å². The van der Waals surface area contributed by atoms with Crippen molar-refractivity contribution in [2.24, 2.45) is 17.8 Å². The van der Waals surface area contributed by atoms with Gasteiger partial charge in [0.15, 0.2) is 0 Å². The number of nitrogens with zero attached hydrogens (tertiary/aromatic N) is 3. The van der Waals surface area contributed by atoms with Crippen molar-refractivity contribution in [1.29, 1.82) is 0 Å². The van der Waals surface area contributed by atoms with Gasteiger partial charge in [0, 0.05) is 52.0 Å². The largest absolute Gasteiger partial charge is 0.481 e. The van der Waals surface area contributed by atoms with E-state index in [2.05, 4.69) is 4.90 Å². The number of carboxylic acid groups (broad SMARTS) is 1. The maximum atomic E-state index is 12.9. The number of aliphatic carboxylic acids is 1. The van der Waals surface area contributed by atoms with Crippen LogP contribution in [-0.4, -0.2) is 83.4 Å². The summed E-state index contributed by atoms with van der Waals surface area (Å²) in [6.07, 6.45) is 7.24. The molecule has 0 spiro atoms. The molecule has 2 heterocycles. The van der Waals surface area contributed by atoms with Crippen LogP contribution in [-0.2, 0) is 14.4 Å². The van der Waals surface area contributed by atoms with Crippen LogP contribution in [0.25, 0.3) is 0 Å². The van der Waals surface area contributed by atoms with E-state index in [4.69, 9.17) is 0 Å². The monoisotopic (exact) mass is 407 g/mol. The van der Waals surface area contributed by atoms with Gasteiger partial charge in [0.25, 0.3) is 0 Å². The minimum atomic E-state index is -0.734. The molecule has 2 amide bonds. The number of rotatable bonds is 6. The highest BCUT2D eigenvalue weighted by Crippen LogP contribution is 2.33. The Labute approximate surface area is 174 Å². The van der Waals surface area contributed by atoms with Gasteiger partial charge in [-0.3, -0.25) is 14.4 Å². The summed E-state index contributed by atoms with van der Waals surface area (Å²) in [7, 11) is 0. The zero-order chi connectivity index (χ0) is 20.8. The molecule has 0 radical (unpaired) electrons. The molecule has 3 aliphatic rings. The molecule has 1 N–H and O–H groups in total. The predicted octanol–water partition coefficient (Wildman–Crippen LogP) is 2.06. The van der Waals surface area contributed by atoms with E-state index in [1.807, 2.05) is 9.80 Å². The molecule has 0 bridgehead atoms. The predicted molar refractivity (Wildman–Crippen MR) is 110 cm³/mol. The lowest BCUT2D eigenvalue weighted by atomic mass is 9.80. The van der Waals surface area contributed by atoms with Crippen molar-refractivity contribution in [2.45, 2.75) is 58.3 Å². The number of hydrogen-bond acceptors (Lipinski definition) is 4. The number of amides is 2. The Morgan fingerprint density at radius 1 is 0.862 bits per heavy atom. The average Bonchev–Trinajstić information content (AvgIpc) is 3.11. The Morgan fingerprint density at radius 2 is 1.62 bits per heavy atom. The quantitative estimate of drug-likeness (QED) is 0.729. The summed E-state index contributed by atoms with van der Waals surface area (Å²) in [6, 6.07) is 0. The SMILES string of the molecule is CC(=O)N1CCCN(CCC2CN(C(=O)C3CCCC3)CCC2CC(=O)O)CC1. The zero-order valence-electron chi connectivity index (χ0n) is 17.9. The van der Waals surface area contributed by atoms with E-state index in [9.17, 15) is 19.5 Å².